The van der Waals surface area contributed by atoms with Gasteiger partial charge in [-0.1, -0.05) is 12.1 Å². The van der Waals surface area contributed by atoms with Crippen LogP contribution in [0, 0.1) is 0 Å². The Morgan fingerprint density at radius 3 is 2.55 bits per heavy atom. The summed E-state index contributed by atoms with van der Waals surface area (Å²) in [5.41, 5.74) is 3.43. The predicted octanol–water partition coefficient (Wildman–Crippen LogP) is 4.12. The lowest BCUT2D eigenvalue weighted by Crippen LogP contribution is -2.47. The van der Waals surface area contributed by atoms with E-state index in [-0.39, 0.29) is 5.60 Å². The molecular weight excluding hydrogens is 388 g/mol. The van der Waals surface area contributed by atoms with Crippen LogP contribution in [0.5, 0.6) is 5.75 Å². The molecule has 2 fully saturated rings. The topological polar surface area (TPSA) is 46.7 Å². The molecule has 0 unspecified atom stereocenters. The number of piperidine rings is 1. The van der Waals surface area contributed by atoms with Gasteiger partial charge in [0, 0.05) is 43.6 Å². The molecule has 1 aromatic carbocycles. The van der Waals surface area contributed by atoms with Gasteiger partial charge in [0.15, 0.2) is 0 Å². The molecule has 0 amide bonds. The second-order valence-electron chi connectivity index (χ2n) is 9.13. The second kappa shape index (κ2) is 7.84. The number of ether oxygens (including phenoxy) is 1. The third-order valence-electron chi connectivity index (χ3n) is 7.23. The maximum atomic E-state index is 6.75. The smallest absolute Gasteiger partial charge is 0.140 e. The summed E-state index contributed by atoms with van der Waals surface area (Å²) in [6.07, 6.45) is 8.42. The Kier molecular flexibility index (Phi) is 4.84. The number of fused-ring (bicyclic) bond motifs is 4. The van der Waals surface area contributed by atoms with Crippen molar-refractivity contribution in [2.45, 2.75) is 44.4 Å². The van der Waals surface area contributed by atoms with Crippen LogP contribution in [0.15, 0.2) is 53.3 Å². The summed E-state index contributed by atoms with van der Waals surface area (Å²) in [7, 11) is 0. The van der Waals surface area contributed by atoms with Crippen LogP contribution in [-0.2, 0) is 18.7 Å². The van der Waals surface area contributed by atoms with Crippen LogP contribution in [0.4, 0.5) is 0 Å². The third-order valence-corrected chi connectivity index (χ3v) is 7.23. The van der Waals surface area contributed by atoms with Gasteiger partial charge in [0.05, 0.1) is 31.2 Å². The molecule has 5 heterocycles. The van der Waals surface area contributed by atoms with Crippen molar-refractivity contribution < 1.29 is 9.15 Å². The molecular formula is C25H30N4O2. The van der Waals surface area contributed by atoms with Crippen LogP contribution in [0.3, 0.4) is 0 Å². The zero-order valence-corrected chi connectivity index (χ0v) is 18.0. The maximum absolute atomic E-state index is 6.75. The molecule has 3 aliphatic heterocycles. The summed E-state index contributed by atoms with van der Waals surface area (Å²) < 4.78 is 14.5. The lowest BCUT2D eigenvalue weighted by molar-refractivity contribution is -0.00839. The summed E-state index contributed by atoms with van der Waals surface area (Å²) in [5, 5.41) is 4.87. The standard InChI is InChI=1S/C25H30N4O2/c1-2-8-23-21(7-1)24-22(18-26-29(24)16-15-27-11-3-4-12-27)25(31-23)9-13-28(14-10-25)19-20-6-5-17-30-20/h1-2,5-8,17-18H,3-4,9-16,19H2. The first-order valence-corrected chi connectivity index (χ1v) is 11.6. The number of likely N-dealkylation sites (tertiary alicyclic amines) is 2. The van der Waals surface area contributed by atoms with E-state index in [1.54, 1.807) is 6.26 Å². The molecule has 3 aromatic rings. The number of para-hydroxylation sites is 1. The minimum absolute atomic E-state index is 0.282. The van der Waals surface area contributed by atoms with Crippen molar-refractivity contribution >= 4 is 0 Å². The molecule has 0 aliphatic carbocycles. The van der Waals surface area contributed by atoms with Crippen LogP contribution in [0.2, 0.25) is 0 Å². The monoisotopic (exact) mass is 418 g/mol. The number of furan rings is 1. The molecule has 0 N–H and O–H groups in total. The number of aromatic nitrogens is 2. The van der Waals surface area contributed by atoms with Crippen molar-refractivity contribution in [1.29, 1.82) is 0 Å². The van der Waals surface area contributed by atoms with E-state index in [4.69, 9.17) is 14.3 Å². The molecule has 31 heavy (non-hydrogen) atoms. The van der Waals surface area contributed by atoms with E-state index in [1.807, 2.05) is 6.07 Å². The number of hydrogen-bond acceptors (Lipinski definition) is 5. The van der Waals surface area contributed by atoms with Crippen molar-refractivity contribution in [2.24, 2.45) is 0 Å². The van der Waals surface area contributed by atoms with E-state index in [9.17, 15) is 0 Å². The molecule has 0 radical (unpaired) electrons. The first-order chi connectivity index (χ1) is 15.3. The van der Waals surface area contributed by atoms with Crippen LogP contribution in [-0.4, -0.2) is 52.3 Å². The molecule has 0 atom stereocenters. The van der Waals surface area contributed by atoms with E-state index >= 15 is 0 Å². The van der Waals surface area contributed by atoms with Gasteiger partial charge in [-0.2, -0.15) is 5.10 Å². The first-order valence-electron chi connectivity index (χ1n) is 11.6. The van der Waals surface area contributed by atoms with Crippen molar-refractivity contribution in [1.82, 2.24) is 19.6 Å². The number of benzene rings is 1. The van der Waals surface area contributed by atoms with Crippen molar-refractivity contribution in [3.63, 3.8) is 0 Å². The summed E-state index contributed by atoms with van der Waals surface area (Å²) in [4.78, 5) is 5.02. The molecule has 6 nitrogen and oxygen atoms in total. The molecule has 0 bridgehead atoms. The molecule has 6 rings (SSSR count). The maximum Gasteiger partial charge on any atom is 0.140 e. The zero-order chi connectivity index (χ0) is 20.7. The Morgan fingerprint density at radius 1 is 0.903 bits per heavy atom. The fraction of sp³-hybridized carbons (Fsp3) is 0.480. The van der Waals surface area contributed by atoms with Crippen molar-refractivity contribution in [3.05, 3.63) is 60.2 Å². The number of nitrogens with zero attached hydrogens (tertiary/aromatic N) is 4. The average molecular weight is 419 g/mol. The molecule has 6 heteroatoms. The van der Waals surface area contributed by atoms with E-state index in [1.165, 1.54) is 42.8 Å². The first kappa shape index (κ1) is 19.1. The normalized spacial score (nSPS) is 20.5. The van der Waals surface area contributed by atoms with Crippen LogP contribution < -0.4 is 4.74 Å². The predicted molar refractivity (Wildman–Crippen MR) is 119 cm³/mol. The SMILES string of the molecule is c1coc(CN2CCC3(CC2)Oc2ccccc2-c2c3cnn2CCN2CCCC2)c1. The van der Waals surface area contributed by atoms with Gasteiger partial charge in [-0.3, -0.25) is 9.58 Å². The van der Waals surface area contributed by atoms with Gasteiger partial charge in [0.2, 0.25) is 0 Å². The highest BCUT2D eigenvalue weighted by Crippen LogP contribution is 2.49. The van der Waals surface area contributed by atoms with Gasteiger partial charge in [-0.05, 0) is 50.2 Å². The van der Waals surface area contributed by atoms with Crippen molar-refractivity contribution in [3.8, 4) is 17.0 Å². The lowest BCUT2D eigenvalue weighted by Gasteiger charge is -2.44. The van der Waals surface area contributed by atoms with Gasteiger partial charge in [0.25, 0.3) is 0 Å². The molecule has 0 saturated carbocycles. The Balaban J connectivity index is 1.27. The fourth-order valence-electron chi connectivity index (χ4n) is 5.50. The number of hydrogen-bond donors (Lipinski definition) is 0. The van der Waals surface area contributed by atoms with Gasteiger partial charge < -0.3 is 14.1 Å². The quantitative estimate of drug-likeness (QED) is 0.624. The second-order valence-corrected chi connectivity index (χ2v) is 9.13. The summed E-state index contributed by atoms with van der Waals surface area (Å²) in [6, 6.07) is 12.5. The van der Waals surface area contributed by atoms with Crippen molar-refractivity contribution in [2.75, 3.05) is 32.7 Å². The van der Waals surface area contributed by atoms with Gasteiger partial charge in [-0.15, -0.1) is 0 Å². The molecule has 162 valence electrons. The van der Waals surface area contributed by atoms with Gasteiger partial charge >= 0.3 is 0 Å². The van der Waals surface area contributed by atoms with Crippen LogP contribution >= 0.6 is 0 Å². The summed E-state index contributed by atoms with van der Waals surface area (Å²) in [6.45, 7) is 7.28. The highest BCUT2D eigenvalue weighted by atomic mass is 16.5. The van der Waals surface area contributed by atoms with Gasteiger partial charge in [0.1, 0.15) is 17.1 Å². The average Bonchev–Trinajstić information content (AvgIpc) is 3.57. The largest absolute Gasteiger partial charge is 0.482 e. The summed E-state index contributed by atoms with van der Waals surface area (Å²) in [5.74, 6) is 2.03. The molecule has 1 spiro atoms. The Morgan fingerprint density at radius 2 is 1.74 bits per heavy atom. The Hall–Kier alpha value is -2.57. The van der Waals surface area contributed by atoms with E-state index in [0.29, 0.717) is 0 Å². The van der Waals surface area contributed by atoms with Crippen LogP contribution in [0.25, 0.3) is 11.3 Å². The third kappa shape index (κ3) is 3.48. The molecule has 2 saturated heterocycles. The Labute approximate surface area is 183 Å². The Bertz CT molecular complexity index is 1030. The van der Waals surface area contributed by atoms with E-state index in [0.717, 1.165) is 57.1 Å². The van der Waals surface area contributed by atoms with E-state index < -0.39 is 0 Å². The summed E-state index contributed by atoms with van der Waals surface area (Å²) >= 11 is 0. The minimum atomic E-state index is -0.282. The van der Waals surface area contributed by atoms with E-state index in [2.05, 4.69) is 51.0 Å². The lowest BCUT2D eigenvalue weighted by atomic mass is 9.81. The minimum Gasteiger partial charge on any atom is -0.482 e. The molecule has 2 aromatic heterocycles. The highest BCUT2D eigenvalue weighted by molar-refractivity contribution is 5.73. The molecule has 3 aliphatic rings. The zero-order valence-electron chi connectivity index (χ0n) is 18.0. The highest BCUT2D eigenvalue weighted by Gasteiger charge is 2.45. The fourth-order valence-corrected chi connectivity index (χ4v) is 5.50. The van der Waals surface area contributed by atoms with Crippen LogP contribution in [0.1, 0.15) is 37.0 Å². The van der Waals surface area contributed by atoms with Gasteiger partial charge in [-0.25, -0.2) is 0 Å². The number of rotatable bonds is 5.